The molecule has 5 rings (SSSR count). The fourth-order valence-corrected chi connectivity index (χ4v) is 4.77. The largest absolute Gasteiger partial charge is 0.451 e. The zero-order chi connectivity index (χ0) is 26.0. The third kappa shape index (κ3) is 4.59. The highest BCUT2D eigenvalue weighted by Gasteiger charge is 2.62. The molecule has 0 radical (unpaired) electrons. The third-order valence-corrected chi connectivity index (χ3v) is 6.98. The molecule has 190 valence electrons. The number of likely N-dealkylation sites (tertiary alicyclic amines) is 1. The highest BCUT2D eigenvalue weighted by atomic mass is 35.5. The van der Waals surface area contributed by atoms with E-state index in [1.54, 1.807) is 12.1 Å². The number of carbonyl (C=O) groups is 2. The van der Waals surface area contributed by atoms with Crippen molar-refractivity contribution in [1.82, 2.24) is 4.90 Å². The van der Waals surface area contributed by atoms with E-state index in [1.165, 1.54) is 0 Å². The Morgan fingerprint density at radius 1 is 1.00 bits per heavy atom. The summed E-state index contributed by atoms with van der Waals surface area (Å²) in [5, 5.41) is 21.2. The van der Waals surface area contributed by atoms with Gasteiger partial charge in [0.25, 0.3) is 5.91 Å². The van der Waals surface area contributed by atoms with Crippen molar-refractivity contribution in [2.75, 3.05) is 12.5 Å². The van der Waals surface area contributed by atoms with Gasteiger partial charge in [-0.15, -0.1) is 11.6 Å². The van der Waals surface area contributed by atoms with Gasteiger partial charge in [-0.25, -0.2) is 9.79 Å². The van der Waals surface area contributed by atoms with E-state index in [-0.39, 0.29) is 5.90 Å². The summed E-state index contributed by atoms with van der Waals surface area (Å²) in [7, 11) is 0. The topological polar surface area (TPSA) is 109 Å². The number of esters is 1. The molecular weight excluding hydrogens is 496 g/mol. The molecule has 0 aromatic heterocycles. The molecule has 1 fully saturated rings. The molecule has 1 amide bonds. The van der Waals surface area contributed by atoms with Crippen molar-refractivity contribution in [3.8, 4) is 0 Å². The number of halogens is 1. The maximum absolute atomic E-state index is 13.7. The van der Waals surface area contributed by atoms with Gasteiger partial charge in [0.05, 0.1) is 12.5 Å². The van der Waals surface area contributed by atoms with Gasteiger partial charge < -0.3 is 19.7 Å². The first-order valence-electron chi connectivity index (χ1n) is 11.8. The molecule has 0 spiro atoms. The molecule has 2 aliphatic rings. The second-order valence-corrected chi connectivity index (χ2v) is 9.20. The highest BCUT2D eigenvalue weighted by Crippen LogP contribution is 2.38. The monoisotopic (exact) mass is 520 g/mol. The summed E-state index contributed by atoms with van der Waals surface area (Å²) < 4.78 is 11.9. The van der Waals surface area contributed by atoms with Crippen molar-refractivity contribution < 1.29 is 29.3 Å². The number of amides is 1. The van der Waals surface area contributed by atoms with E-state index in [0.717, 1.165) is 4.90 Å². The first-order chi connectivity index (χ1) is 18.0. The number of aliphatic hydroxyl groups excluding tert-OH is 1. The Labute approximate surface area is 218 Å². The van der Waals surface area contributed by atoms with Gasteiger partial charge in [0, 0.05) is 5.56 Å². The van der Waals surface area contributed by atoms with Crippen molar-refractivity contribution >= 4 is 29.4 Å². The van der Waals surface area contributed by atoms with Crippen molar-refractivity contribution in [3.05, 3.63) is 108 Å². The van der Waals surface area contributed by atoms with Gasteiger partial charge >= 0.3 is 5.97 Å². The molecule has 0 bridgehead atoms. The van der Waals surface area contributed by atoms with Crippen molar-refractivity contribution in [2.45, 2.75) is 30.0 Å². The second kappa shape index (κ2) is 10.3. The van der Waals surface area contributed by atoms with Gasteiger partial charge in [-0.05, 0) is 23.3 Å². The summed E-state index contributed by atoms with van der Waals surface area (Å²) >= 11 is 6.03. The van der Waals surface area contributed by atoms with E-state index in [2.05, 4.69) is 4.99 Å². The van der Waals surface area contributed by atoms with Crippen LogP contribution in [0, 0.1) is 0 Å². The van der Waals surface area contributed by atoms with Gasteiger partial charge in [-0.1, -0.05) is 78.9 Å². The Morgan fingerprint density at radius 3 is 2.05 bits per heavy atom. The van der Waals surface area contributed by atoms with E-state index in [0.29, 0.717) is 16.7 Å². The number of hydrogen-bond donors (Lipinski definition) is 2. The number of alkyl halides is 1. The Balaban J connectivity index is 1.46. The number of aliphatic imine (C=N–C) groups is 1. The standard InChI is InChI=1S/C28H25ClN2O6/c29-16-28(35,17-32)23(31-25(33)21-26(31)37-24(30-21)20-14-8-3-9-15-20)27(34)36-22(18-10-4-1-5-11-18)19-12-6-2-7-13-19/h1-15,21-23,26,32,35H,16-17H2. The van der Waals surface area contributed by atoms with Crippen LogP contribution in [0.4, 0.5) is 0 Å². The smallest absolute Gasteiger partial charge is 0.333 e. The number of nitrogens with zero attached hydrogens (tertiary/aromatic N) is 2. The molecule has 4 unspecified atom stereocenters. The maximum atomic E-state index is 13.7. The summed E-state index contributed by atoms with van der Waals surface area (Å²) in [5.74, 6) is -1.74. The molecule has 3 aromatic carbocycles. The summed E-state index contributed by atoms with van der Waals surface area (Å²) in [6.07, 6.45) is -1.78. The zero-order valence-corrected chi connectivity index (χ0v) is 20.4. The molecule has 4 atom stereocenters. The van der Waals surface area contributed by atoms with Gasteiger partial charge in [-0.2, -0.15) is 0 Å². The lowest BCUT2D eigenvalue weighted by Gasteiger charge is -2.48. The van der Waals surface area contributed by atoms with E-state index in [4.69, 9.17) is 21.1 Å². The molecule has 2 N–H and O–H groups in total. The van der Waals surface area contributed by atoms with Crippen molar-refractivity contribution in [2.24, 2.45) is 4.99 Å². The van der Waals surface area contributed by atoms with Crippen LogP contribution in [0.25, 0.3) is 0 Å². The minimum atomic E-state index is -2.18. The Bertz CT molecular complexity index is 1240. The maximum Gasteiger partial charge on any atom is 0.333 e. The molecule has 0 saturated carbocycles. The number of fused-ring (bicyclic) bond motifs is 1. The van der Waals surface area contributed by atoms with Gasteiger partial charge in [-0.3, -0.25) is 9.69 Å². The van der Waals surface area contributed by atoms with Gasteiger partial charge in [0.2, 0.25) is 12.1 Å². The first kappa shape index (κ1) is 25.0. The number of ether oxygens (including phenoxy) is 2. The van der Waals surface area contributed by atoms with Crippen molar-refractivity contribution in [3.63, 3.8) is 0 Å². The van der Waals surface area contributed by atoms with Crippen LogP contribution in [0.1, 0.15) is 22.8 Å². The summed E-state index contributed by atoms with van der Waals surface area (Å²) in [6, 6.07) is 24.7. The Kier molecular flexibility index (Phi) is 6.97. The number of hydrogen-bond acceptors (Lipinski definition) is 7. The molecule has 37 heavy (non-hydrogen) atoms. The van der Waals surface area contributed by atoms with Gasteiger partial charge in [0.15, 0.2) is 18.2 Å². The summed E-state index contributed by atoms with van der Waals surface area (Å²) in [4.78, 5) is 32.3. The normalized spacial score (nSPS) is 20.8. The number of β-lactam (4-membered cyclic amide) rings is 1. The fourth-order valence-electron chi connectivity index (χ4n) is 4.54. The Hall–Kier alpha value is -3.72. The SMILES string of the molecule is O=C(OC(c1ccccc1)c1ccccc1)C(N1C(=O)C2N=C(c3ccccc3)OC21)C(O)(CO)CCl. The first-order valence-corrected chi connectivity index (χ1v) is 12.3. The fraction of sp³-hybridized carbons (Fsp3) is 0.250. The minimum absolute atomic E-state index is 0.253. The third-order valence-electron chi connectivity index (χ3n) is 6.52. The van der Waals surface area contributed by atoms with E-state index in [9.17, 15) is 19.8 Å². The zero-order valence-electron chi connectivity index (χ0n) is 19.7. The summed E-state index contributed by atoms with van der Waals surface area (Å²) in [5.41, 5.74) is -0.125. The van der Waals surface area contributed by atoms with E-state index >= 15 is 0 Å². The lowest BCUT2D eigenvalue weighted by Crippen LogP contribution is -2.74. The molecule has 0 aliphatic carbocycles. The molecule has 3 aromatic rings. The number of rotatable bonds is 9. The Morgan fingerprint density at radius 2 is 1.54 bits per heavy atom. The molecular formula is C28H25ClN2O6. The van der Waals surface area contributed by atoms with Crippen molar-refractivity contribution in [1.29, 1.82) is 0 Å². The molecule has 2 aliphatic heterocycles. The van der Waals surface area contributed by atoms with Crippen LogP contribution in [-0.2, 0) is 19.1 Å². The average Bonchev–Trinajstić information content (AvgIpc) is 3.36. The van der Waals surface area contributed by atoms with Crippen LogP contribution in [-0.4, -0.2) is 69.3 Å². The van der Waals surface area contributed by atoms with E-state index in [1.807, 2.05) is 78.9 Å². The van der Waals surface area contributed by atoms with Gasteiger partial charge in [0.1, 0.15) is 5.60 Å². The lowest BCUT2D eigenvalue weighted by atomic mass is 9.90. The number of benzene rings is 3. The van der Waals surface area contributed by atoms with Crippen LogP contribution in [0.5, 0.6) is 0 Å². The quantitative estimate of drug-likeness (QED) is 0.255. The average molecular weight is 521 g/mol. The summed E-state index contributed by atoms with van der Waals surface area (Å²) in [6.45, 7) is -0.884. The molecule has 9 heteroatoms. The van der Waals surface area contributed by atoms with E-state index < -0.39 is 54.4 Å². The van der Waals surface area contributed by atoms with Crippen LogP contribution in [0.2, 0.25) is 0 Å². The minimum Gasteiger partial charge on any atom is -0.451 e. The predicted octanol–water partition coefficient (Wildman–Crippen LogP) is 2.66. The molecule has 1 saturated heterocycles. The highest BCUT2D eigenvalue weighted by molar-refractivity contribution is 6.19. The van der Waals surface area contributed by atoms with Crippen LogP contribution >= 0.6 is 11.6 Å². The lowest BCUT2D eigenvalue weighted by molar-refractivity contribution is -0.199. The predicted molar refractivity (Wildman–Crippen MR) is 136 cm³/mol. The molecule has 2 heterocycles. The number of aliphatic hydroxyl groups is 2. The molecule has 8 nitrogen and oxygen atoms in total. The van der Waals surface area contributed by atoms with Crippen LogP contribution in [0.3, 0.4) is 0 Å². The van der Waals surface area contributed by atoms with Crippen LogP contribution < -0.4 is 0 Å². The second-order valence-electron chi connectivity index (χ2n) is 8.94. The number of carbonyl (C=O) groups excluding carboxylic acids is 2. The van der Waals surface area contributed by atoms with Crippen LogP contribution in [0.15, 0.2) is 96.0 Å².